The molecule has 0 radical (unpaired) electrons. The Kier molecular flexibility index (Phi) is 35.7. The van der Waals surface area contributed by atoms with Crippen LogP contribution in [-0.4, -0.2) is 125 Å². The maximum atomic E-state index is 11.8. The number of hydrogen-bond donors (Lipinski definition) is 2. The monoisotopic (exact) mass is 672 g/mol. The largest absolute Gasteiger partial charge is 0.465 e. The average molecular weight is 673 g/mol. The Morgan fingerprint density at radius 1 is 0.462 bits per heavy atom. The minimum absolute atomic E-state index is 0.0414. The van der Waals surface area contributed by atoms with Gasteiger partial charge in [-0.1, -0.05) is 0 Å². The zero-order valence-corrected chi connectivity index (χ0v) is 27.4. The van der Waals surface area contributed by atoms with Crippen LogP contribution in [-0.2, 0) is 38.6 Å². The summed E-state index contributed by atoms with van der Waals surface area (Å²) in [7, 11) is 0. The van der Waals surface area contributed by atoms with Crippen LogP contribution in [0.5, 0.6) is 0 Å². The van der Waals surface area contributed by atoms with Gasteiger partial charge in [0.2, 0.25) is 0 Å². The fourth-order valence-electron chi connectivity index (χ4n) is 2.17. The lowest BCUT2D eigenvalue weighted by molar-refractivity contribution is -0.297. The summed E-state index contributed by atoms with van der Waals surface area (Å²) in [6.07, 6.45) is 2.59. The van der Waals surface area contributed by atoms with E-state index in [1.54, 1.807) is 70.6 Å². The second kappa shape index (κ2) is 35.0. The van der Waals surface area contributed by atoms with Crippen molar-refractivity contribution in [2.75, 3.05) is 103 Å². The highest BCUT2D eigenvalue weighted by Crippen LogP contribution is 2.16. The Hall–Kier alpha value is 0.800. The molecule has 0 unspecified atom stereocenters. The summed E-state index contributed by atoms with van der Waals surface area (Å²) in [4.78, 5) is 43.0. The SMILES string of the molecule is O=C(CCSCSCCCOOCCSCSCCOC(=O)CCSCSCCCOOCCO)OCCO. The molecule has 0 aliphatic rings. The number of esters is 2. The van der Waals surface area contributed by atoms with Gasteiger partial charge in [0.1, 0.15) is 19.8 Å². The number of rotatable bonds is 32. The van der Waals surface area contributed by atoms with Gasteiger partial charge in [0.25, 0.3) is 0 Å². The van der Waals surface area contributed by atoms with Crippen LogP contribution in [0.25, 0.3) is 0 Å². The number of thioether (sulfide) groups is 6. The molecule has 0 bridgehead atoms. The van der Waals surface area contributed by atoms with E-state index in [4.69, 9.17) is 39.2 Å². The summed E-state index contributed by atoms with van der Waals surface area (Å²) in [6, 6.07) is 0. The molecular weight excluding hydrogens is 629 g/mol. The van der Waals surface area contributed by atoms with Crippen LogP contribution < -0.4 is 0 Å². The summed E-state index contributed by atoms with van der Waals surface area (Å²) in [5.74, 6) is 4.64. The molecule has 0 saturated heterocycles. The third-order valence-corrected chi connectivity index (χ3v) is 11.0. The molecule has 10 nitrogen and oxygen atoms in total. The van der Waals surface area contributed by atoms with Crippen molar-refractivity contribution in [2.24, 2.45) is 0 Å². The van der Waals surface area contributed by atoms with Gasteiger partial charge in [-0.25, -0.2) is 19.6 Å². The zero-order valence-electron chi connectivity index (χ0n) is 22.5. The van der Waals surface area contributed by atoms with Gasteiger partial charge >= 0.3 is 11.9 Å². The second-order valence-electron chi connectivity index (χ2n) is 7.19. The molecule has 0 aliphatic heterocycles. The molecule has 0 spiro atoms. The van der Waals surface area contributed by atoms with E-state index in [-0.39, 0.29) is 38.4 Å². The van der Waals surface area contributed by atoms with Gasteiger partial charge in [-0.15, -0.1) is 23.5 Å². The first kappa shape index (κ1) is 39.8. The summed E-state index contributed by atoms with van der Waals surface area (Å²) >= 11 is 10.5. The van der Waals surface area contributed by atoms with Crippen LogP contribution in [0.4, 0.5) is 0 Å². The molecule has 0 aromatic heterocycles. The Balaban J connectivity index is 3.17. The number of aliphatic hydroxyl groups is 2. The van der Waals surface area contributed by atoms with E-state index in [0.717, 1.165) is 62.6 Å². The highest BCUT2D eigenvalue weighted by atomic mass is 32.2. The third-order valence-electron chi connectivity index (χ3n) is 3.93. The summed E-state index contributed by atoms with van der Waals surface area (Å²) in [5, 5.41) is 19.9. The molecule has 2 N–H and O–H groups in total. The molecule has 0 aromatic carbocycles. The predicted molar refractivity (Wildman–Crippen MR) is 168 cm³/mol. The fraction of sp³-hybridized carbons (Fsp3) is 0.913. The Bertz CT molecular complexity index is 540. The number of carbonyl (C=O) groups excluding carboxylic acids is 2. The maximum Gasteiger partial charge on any atom is 0.306 e. The van der Waals surface area contributed by atoms with Crippen LogP contribution >= 0.6 is 70.6 Å². The predicted octanol–water partition coefficient (Wildman–Crippen LogP) is 3.79. The van der Waals surface area contributed by atoms with Gasteiger partial charge in [0.05, 0.1) is 45.9 Å². The van der Waals surface area contributed by atoms with E-state index in [1.807, 2.05) is 0 Å². The normalized spacial score (nSPS) is 11.1. The molecule has 0 rings (SSSR count). The molecule has 39 heavy (non-hydrogen) atoms. The van der Waals surface area contributed by atoms with Crippen molar-refractivity contribution in [1.29, 1.82) is 0 Å². The van der Waals surface area contributed by atoms with Gasteiger partial charge < -0.3 is 19.7 Å². The van der Waals surface area contributed by atoms with Crippen molar-refractivity contribution in [3.8, 4) is 0 Å². The summed E-state index contributed by atoms with van der Waals surface area (Å²) in [5.41, 5.74) is 0. The van der Waals surface area contributed by atoms with Crippen molar-refractivity contribution in [2.45, 2.75) is 25.7 Å². The Morgan fingerprint density at radius 3 is 1.41 bits per heavy atom. The van der Waals surface area contributed by atoms with Crippen LogP contribution in [0.15, 0.2) is 0 Å². The molecule has 0 aliphatic carbocycles. The highest BCUT2D eigenvalue weighted by molar-refractivity contribution is 8.16. The first-order valence-electron chi connectivity index (χ1n) is 12.7. The summed E-state index contributed by atoms with van der Waals surface area (Å²) in [6.45, 7) is 2.15. The average Bonchev–Trinajstić information content (AvgIpc) is 2.94. The summed E-state index contributed by atoms with van der Waals surface area (Å²) < 4.78 is 10.1. The van der Waals surface area contributed by atoms with Crippen LogP contribution in [0, 0.1) is 0 Å². The van der Waals surface area contributed by atoms with E-state index in [1.165, 1.54) is 0 Å². The lowest BCUT2D eigenvalue weighted by atomic mass is 10.5. The standard InChI is InChI=1S/C23H44O10S6/c24-5-9-28-22(26)3-15-36-19-35-14-2-8-31-33-12-18-39-21-38-17-11-29-23(27)4-16-37-20-34-13-1-7-30-32-10-6-25/h24-25H,1-21H2. The minimum atomic E-state index is -0.264. The van der Waals surface area contributed by atoms with Crippen molar-refractivity contribution >= 4 is 82.5 Å². The quantitative estimate of drug-likeness (QED) is 0.0353. The highest BCUT2D eigenvalue weighted by Gasteiger charge is 2.04. The molecule has 0 saturated carbocycles. The molecule has 232 valence electrons. The molecule has 0 amide bonds. The molecule has 0 heterocycles. The lowest BCUT2D eigenvalue weighted by Crippen LogP contribution is -2.08. The number of aliphatic hydroxyl groups excluding tert-OH is 2. The van der Waals surface area contributed by atoms with Crippen LogP contribution in [0.1, 0.15) is 25.7 Å². The number of ether oxygens (including phenoxy) is 2. The number of hydrogen-bond acceptors (Lipinski definition) is 16. The van der Waals surface area contributed by atoms with Crippen LogP contribution in [0.3, 0.4) is 0 Å². The maximum absolute atomic E-state index is 11.8. The molecular formula is C23H44O10S6. The van der Waals surface area contributed by atoms with Crippen molar-refractivity contribution in [3.63, 3.8) is 0 Å². The Labute approximate surface area is 258 Å². The van der Waals surface area contributed by atoms with Gasteiger partial charge in [0.15, 0.2) is 0 Å². The Morgan fingerprint density at radius 2 is 0.872 bits per heavy atom. The van der Waals surface area contributed by atoms with Crippen molar-refractivity contribution in [3.05, 3.63) is 0 Å². The molecule has 0 atom stereocenters. The van der Waals surface area contributed by atoms with E-state index in [0.29, 0.717) is 39.3 Å². The van der Waals surface area contributed by atoms with Gasteiger partial charge in [-0.3, -0.25) is 9.59 Å². The fourth-order valence-corrected chi connectivity index (χ4v) is 8.06. The van der Waals surface area contributed by atoms with Crippen LogP contribution in [0.2, 0.25) is 0 Å². The number of carbonyl (C=O) groups is 2. The third kappa shape index (κ3) is 34.9. The van der Waals surface area contributed by atoms with E-state index >= 15 is 0 Å². The molecule has 0 fully saturated rings. The first-order chi connectivity index (χ1) is 19.2. The van der Waals surface area contributed by atoms with Crippen molar-refractivity contribution < 1.29 is 48.8 Å². The van der Waals surface area contributed by atoms with Gasteiger partial charge in [-0.2, -0.15) is 47.0 Å². The van der Waals surface area contributed by atoms with Gasteiger partial charge in [-0.05, 0) is 24.3 Å². The first-order valence-corrected chi connectivity index (χ1v) is 19.6. The molecule has 16 heteroatoms. The van der Waals surface area contributed by atoms with E-state index in [2.05, 4.69) is 0 Å². The zero-order chi connectivity index (χ0) is 28.5. The topological polar surface area (TPSA) is 130 Å². The smallest absolute Gasteiger partial charge is 0.306 e. The van der Waals surface area contributed by atoms with Gasteiger partial charge in [0, 0.05) is 38.3 Å². The second-order valence-corrected chi connectivity index (χ2v) is 14.9. The molecule has 0 aromatic rings. The lowest BCUT2D eigenvalue weighted by Gasteiger charge is -2.06. The van der Waals surface area contributed by atoms with E-state index < -0.39 is 0 Å². The van der Waals surface area contributed by atoms with E-state index in [9.17, 15) is 9.59 Å². The van der Waals surface area contributed by atoms with Crippen molar-refractivity contribution in [1.82, 2.24) is 0 Å². The minimum Gasteiger partial charge on any atom is -0.465 e.